The first-order chi connectivity index (χ1) is 11.7. The Kier molecular flexibility index (Phi) is 3.84. The number of aryl methyl sites for hydroxylation is 1. The molecule has 4 rings (SSSR count). The van der Waals surface area contributed by atoms with Crippen molar-refractivity contribution in [3.8, 4) is 10.6 Å². The summed E-state index contributed by atoms with van der Waals surface area (Å²) in [5.41, 5.74) is 3.99. The van der Waals surface area contributed by atoms with Gasteiger partial charge < -0.3 is 0 Å². The second kappa shape index (κ2) is 6.14. The molecule has 0 bridgehead atoms. The molecule has 0 fully saturated rings. The van der Waals surface area contributed by atoms with E-state index in [0.717, 1.165) is 27.6 Å². The fourth-order valence-corrected chi connectivity index (χ4v) is 3.27. The monoisotopic (exact) mass is 353 g/mol. The molecular weight excluding hydrogens is 342 g/mol. The van der Waals surface area contributed by atoms with Crippen LogP contribution in [0.3, 0.4) is 0 Å². The summed E-state index contributed by atoms with van der Waals surface area (Å²) >= 11 is 7.53. The number of thiophene rings is 1. The first-order valence-corrected chi connectivity index (χ1v) is 8.53. The van der Waals surface area contributed by atoms with Gasteiger partial charge in [-0.2, -0.15) is 10.2 Å². The van der Waals surface area contributed by atoms with Gasteiger partial charge in [0, 0.05) is 11.1 Å². The zero-order valence-electron chi connectivity index (χ0n) is 12.7. The maximum absolute atomic E-state index is 5.90. The minimum absolute atomic E-state index is 0.669. The number of halogens is 1. The van der Waals surface area contributed by atoms with Gasteiger partial charge in [-0.15, -0.1) is 16.5 Å². The average molecular weight is 354 g/mol. The Morgan fingerprint density at radius 1 is 1.12 bits per heavy atom. The van der Waals surface area contributed by atoms with Crippen LogP contribution >= 0.6 is 22.9 Å². The van der Waals surface area contributed by atoms with Gasteiger partial charge >= 0.3 is 0 Å². The summed E-state index contributed by atoms with van der Waals surface area (Å²) in [5, 5.41) is 15.9. The van der Waals surface area contributed by atoms with E-state index in [-0.39, 0.29) is 0 Å². The molecule has 3 heterocycles. The lowest BCUT2D eigenvalue weighted by Gasteiger charge is -2.05. The number of benzene rings is 1. The maximum atomic E-state index is 5.90. The third-order valence-electron chi connectivity index (χ3n) is 3.44. The minimum Gasteiger partial charge on any atom is -0.235 e. The highest BCUT2D eigenvalue weighted by molar-refractivity contribution is 7.13. The zero-order valence-corrected chi connectivity index (χ0v) is 14.3. The Hall–Kier alpha value is -2.57. The summed E-state index contributed by atoms with van der Waals surface area (Å²) in [7, 11) is 0. The standard InChI is InChI=1S/C17H12ClN5S/c1-11-9-16-19-10-14(21-20-13-6-4-12(18)5-7-13)17(23(16)22-11)15-3-2-8-24-15/h2-10H,1H3. The van der Waals surface area contributed by atoms with Gasteiger partial charge in [-0.3, -0.25) is 0 Å². The van der Waals surface area contributed by atoms with Crippen LogP contribution in [-0.4, -0.2) is 14.6 Å². The van der Waals surface area contributed by atoms with Crippen molar-refractivity contribution in [1.29, 1.82) is 0 Å². The Balaban J connectivity index is 1.85. The molecule has 0 saturated carbocycles. The molecule has 118 valence electrons. The van der Waals surface area contributed by atoms with E-state index in [1.54, 1.807) is 29.7 Å². The lowest BCUT2D eigenvalue weighted by molar-refractivity contribution is 0.924. The van der Waals surface area contributed by atoms with Gasteiger partial charge in [-0.05, 0) is 42.6 Å². The van der Waals surface area contributed by atoms with Crippen molar-refractivity contribution in [2.45, 2.75) is 6.92 Å². The van der Waals surface area contributed by atoms with Crippen molar-refractivity contribution in [1.82, 2.24) is 14.6 Å². The molecule has 0 saturated heterocycles. The minimum atomic E-state index is 0.669. The van der Waals surface area contributed by atoms with Crippen LogP contribution in [0.4, 0.5) is 11.4 Å². The van der Waals surface area contributed by atoms with E-state index in [1.807, 2.05) is 47.2 Å². The molecule has 0 amide bonds. The lowest BCUT2D eigenvalue weighted by Crippen LogP contribution is -1.95. The molecule has 4 aromatic rings. The second-order valence-corrected chi connectivity index (χ2v) is 6.59. The van der Waals surface area contributed by atoms with E-state index in [9.17, 15) is 0 Å². The Labute approximate surface area is 147 Å². The van der Waals surface area contributed by atoms with Crippen LogP contribution in [0.5, 0.6) is 0 Å². The maximum Gasteiger partial charge on any atom is 0.156 e. The van der Waals surface area contributed by atoms with E-state index < -0.39 is 0 Å². The number of azo groups is 1. The van der Waals surface area contributed by atoms with Crippen LogP contribution in [-0.2, 0) is 0 Å². The van der Waals surface area contributed by atoms with Gasteiger partial charge in [-0.25, -0.2) is 9.50 Å². The van der Waals surface area contributed by atoms with Gasteiger partial charge in [0.1, 0.15) is 11.4 Å². The van der Waals surface area contributed by atoms with Gasteiger partial charge in [0.25, 0.3) is 0 Å². The molecule has 0 radical (unpaired) electrons. The number of aromatic nitrogens is 3. The second-order valence-electron chi connectivity index (χ2n) is 5.20. The van der Waals surface area contributed by atoms with Crippen LogP contribution in [0.15, 0.2) is 64.3 Å². The molecule has 24 heavy (non-hydrogen) atoms. The van der Waals surface area contributed by atoms with Crippen LogP contribution in [0.2, 0.25) is 5.02 Å². The number of nitrogens with zero attached hydrogens (tertiary/aromatic N) is 5. The fraction of sp³-hybridized carbons (Fsp3) is 0.0588. The molecule has 0 N–H and O–H groups in total. The van der Waals surface area contributed by atoms with Crippen molar-refractivity contribution in [2.75, 3.05) is 0 Å². The Morgan fingerprint density at radius 3 is 2.71 bits per heavy atom. The van der Waals surface area contributed by atoms with Crippen molar-refractivity contribution < 1.29 is 0 Å². The van der Waals surface area contributed by atoms with E-state index in [2.05, 4.69) is 20.3 Å². The molecule has 7 heteroatoms. The predicted octanol–water partition coefficient (Wildman–Crippen LogP) is 5.84. The normalized spacial score (nSPS) is 11.6. The molecule has 1 aromatic carbocycles. The van der Waals surface area contributed by atoms with E-state index in [1.165, 1.54) is 0 Å². The van der Waals surface area contributed by atoms with Crippen LogP contribution in [0, 0.1) is 6.92 Å². The van der Waals surface area contributed by atoms with Gasteiger partial charge in [0.15, 0.2) is 5.65 Å². The van der Waals surface area contributed by atoms with Gasteiger partial charge in [-0.1, -0.05) is 17.7 Å². The first kappa shape index (κ1) is 15.0. The molecule has 0 aliphatic carbocycles. The lowest BCUT2D eigenvalue weighted by atomic mass is 10.3. The Bertz CT molecular complexity index is 1020. The number of rotatable bonds is 3. The molecule has 0 aliphatic heterocycles. The summed E-state index contributed by atoms with van der Waals surface area (Å²) in [5.74, 6) is 0. The zero-order chi connectivity index (χ0) is 16.5. The van der Waals surface area contributed by atoms with Gasteiger partial charge in [0.05, 0.1) is 22.5 Å². The van der Waals surface area contributed by atoms with E-state index in [0.29, 0.717) is 10.7 Å². The van der Waals surface area contributed by atoms with Crippen LogP contribution in [0.25, 0.3) is 16.2 Å². The van der Waals surface area contributed by atoms with E-state index >= 15 is 0 Å². The van der Waals surface area contributed by atoms with Crippen LogP contribution in [0.1, 0.15) is 5.69 Å². The first-order valence-electron chi connectivity index (χ1n) is 7.27. The smallest absolute Gasteiger partial charge is 0.156 e. The summed E-state index contributed by atoms with van der Waals surface area (Å²) < 4.78 is 1.82. The quantitative estimate of drug-likeness (QED) is 0.435. The predicted molar refractivity (Wildman–Crippen MR) is 96.7 cm³/mol. The van der Waals surface area contributed by atoms with Gasteiger partial charge in [0.2, 0.25) is 0 Å². The highest BCUT2D eigenvalue weighted by Crippen LogP contribution is 2.34. The van der Waals surface area contributed by atoms with Crippen molar-refractivity contribution in [3.63, 3.8) is 0 Å². The summed E-state index contributed by atoms with van der Waals surface area (Å²) in [4.78, 5) is 5.49. The fourth-order valence-electron chi connectivity index (χ4n) is 2.38. The third kappa shape index (κ3) is 2.81. The largest absolute Gasteiger partial charge is 0.235 e. The Morgan fingerprint density at radius 2 is 1.96 bits per heavy atom. The molecule has 0 spiro atoms. The SMILES string of the molecule is Cc1cc2ncc(N=Nc3ccc(Cl)cc3)c(-c3cccs3)n2n1. The van der Waals surface area contributed by atoms with Crippen molar-refractivity contribution in [2.24, 2.45) is 10.2 Å². The molecule has 0 aliphatic rings. The molecule has 0 unspecified atom stereocenters. The third-order valence-corrected chi connectivity index (χ3v) is 4.57. The molecule has 5 nitrogen and oxygen atoms in total. The molecule has 0 atom stereocenters. The topological polar surface area (TPSA) is 54.9 Å². The molecular formula is C17H12ClN5S. The molecule has 3 aromatic heterocycles. The van der Waals surface area contributed by atoms with Crippen molar-refractivity contribution >= 4 is 40.0 Å². The van der Waals surface area contributed by atoms with Crippen molar-refractivity contribution in [3.05, 3.63) is 64.8 Å². The summed E-state index contributed by atoms with van der Waals surface area (Å²) in [6.07, 6.45) is 1.73. The van der Waals surface area contributed by atoms with Crippen LogP contribution < -0.4 is 0 Å². The number of hydrogen-bond acceptors (Lipinski definition) is 5. The number of fused-ring (bicyclic) bond motifs is 1. The average Bonchev–Trinajstić information content (AvgIpc) is 3.22. The highest BCUT2D eigenvalue weighted by Gasteiger charge is 2.14. The summed E-state index contributed by atoms with van der Waals surface area (Å²) in [6, 6.07) is 13.2. The number of hydrogen-bond donors (Lipinski definition) is 0. The summed E-state index contributed by atoms with van der Waals surface area (Å²) in [6.45, 7) is 1.95. The highest BCUT2D eigenvalue weighted by atomic mass is 35.5. The van der Waals surface area contributed by atoms with E-state index in [4.69, 9.17) is 11.6 Å².